The molecule has 0 aromatic carbocycles. The highest BCUT2D eigenvalue weighted by atomic mass is 35.5. The van der Waals surface area contributed by atoms with Crippen LogP contribution in [-0.2, 0) is 6.54 Å². The molecule has 116 valence electrons. The van der Waals surface area contributed by atoms with Crippen molar-refractivity contribution in [1.29, 1.82) is 0 Å². The largest absolute Gasteiger partial charge is 0.355 e. The van der Waals surface area contributed by atoms with Crippen LogP contribution in [0.5, 0.6) is 0 Å². The summed E-state index contributed by atoms with van der Waals surface area (Å²) in [6.45, 7) is 0.401. The molecular formula is C16H13ClN4O2. The maximum atomic E-state index is 12.4. The SMILES string of the molecule is CN(Cc1ccc(Cl)nc1)C(=O)c1cc(-c2cccnc2)on1. The lowest BCUT2D eigenvalue weighted by Crippen LogP contribution is -2.26. The van der Waals surface area contributed by atoms with Crippen molar-refractivity contribution < 1.29 is 9.32 Å². The van der Waals surface area contributed by atoms with Crippen LogP contribution in [0.2, 0.25) is 5.15 Å². The van der Waals surface area contributed by atoms with Crippen molar-refractivity contribution in [2.45, 2.75) is 6.54 Å². The summed E-state index contributed by atoms with van der Waals surface area (Å²) in [6, 6.07) is 8.74. The smallest absolute Gasteiger partial charge is 0.276 e. The molecule has 3 aromatic rings. The molecule has 0 saturated carbocycles. The van der Waals surface area contributed by atoms with Gasteiger partial charge in [-0.25, -0.2) is 4.98 Å². The maximum Gasteiger partial charge on any atom is 0.276 e. The van der Waals surface area contributed by atoms with Crippen LogP contribution in [0.3, 0.4) is 0 Å². The van der Waals surface area contributed by atoms with Gasteiger partial charge in [-0.2, -0.15) is 0 Å². The van der Waals surface area contributed by atoms with Crippen LogP contribution in [0, 0.1) is 0 Å². The quantitative estimate of drug-likeness (QED) is 0.688. The van der Waals surface area contributed by atoms with Crippen molar-refractivity contribution in [2.75, 3.05) is 7.05 Å². The molecule has 0 radical (unpaired) electrons. The second-order valence-electron chi connectivity index (χ2n) is 4.97. The minimum absolute atomic E-state index is 0.237. The molecule has 3 rings (SSSR count). The van der Waals surface area contributed by atoms with E-state index in [9.17, 15) is 4.79 Å². The summed E-state index contributed by atoms with van der Waals surface area (Å²) >= 11 is 5.75. The van der Waals surface area contributed by atoms with Gasteiger partial charge in [-0.1, -0.05) is 22.8 Å². The number of rotatable bonds is 4. The van der Waals surface area contributed by atoms with E-state index in [0.29, 0.717) is 17.5 Å². The van der Waals surface area contributed by atoms with Crippen molar-refractivity contribution in [1.82, 2.24) is 20.0 Å². The van der Waals surface area contributed by atoms with E-state index in [2.05, 4.69) is 15.1 Å². The number of halogens is 1. The van der Waals surface area contributed by atoms with E-state index >= 15 is 0 Å². The highest BCUT2D eigenvalue weighted by molar-refractivity contribution is 6.29. The molecule has 0 aliphatic rings. The summed E-state index contributed by atoms with van der Waals surface area (Å²) in [5, 5.41) is 4.26. The Balaban J connectivity index is 1.72. The Morgan fingerprint density at radius 1 is 1.30 bits per heavy atom. The number of aromatic nitrogens is 3. The topological polar surface area (TPSA) is 72.1 Å². The third-order valence-corrected chi connectivity index (χ3v) is 3.45. The van der Waals surface area contributed by atoms with Crippen LogP contribution in [0.25, 0.3) is 11.3 Å². The predicted octanol–water partition coefficient (Wildman–Crippen LogP) is 3.06. The van der Waals surface area contributed by atoms with Gasteiger partial charge in [-0.3, -0.25) is 9.78 Å². The zero-order valence-electron chi connectivity index (χ0n) is 12.3. The molecule has 0 atom stereocenters. The highest BCUT2D eigenvalue weighted by Gasteiger charge is 2.18. The number of pyridine rings is 2. The first kappa shape index (κ1) is 15.2. The summed E-state index contributed by atoms with van der Waals surface area (Å²) in [7, 11) is 1.69. The van der Waals surface area contributed by atoms with E-state index in [-0.39, 0.29) is 11.6 Å². The van der Waals surface area contributed by atoms with Gasteiger partial charge >= 0.3 is 0 Å². The number of hydrogen-bond acceptors (Lipinski definition) is 5. The Morgan fingerprint density at radius 3 is 2.87 bits per heavy atom. The normalized spacial score (nSPS) is 10.5. The van der Waals surface area contributed by atoms with E-state index < -0.39 is 0 Å². The fourth-order valence-electron chi connectivity index (χ4n) is 2.06. The average Bonchev–Trinajstić information content (AvgIpc) is 3.07. The molecule has 6 nitrogen and oxygen atoms in total. The molecule has 0 saturated heterocycles. The van der Waals surface area contributed by atoms with Crippen LogP contribution >= 0.6 is 11.6 Å². The molecule has 0 N–H and O–H groups in total. The van der Waals surface area contributed by atoms with Gasteiger partial charge in [0, 0.05) is 43.8 Å². The number of nitrogens with zero attached hydrogens (tertiary/aromatic N) is 4. The molecule has 0 unspecified atom stereocenters. The molecule has 1 amide bonds. The van der Waals surface area contributed by atoms with E-state index in [1.54, 1.807) is 43.8 Å². The molecule has 0 aliphatic heterocycles. The number of carbonyl (C=O) groups excluding carboxylic acids is 1. The Labute approximate surface area is 137 Å². The predicted molar refractivity (Wildman–Crippen MR) is 84.8 cm³/mol. The van der Waals surface area contributed by atoms with Gasteiger partial charge in [0.1, 0.15) is 5.15 Å². The fourth-order valence-corrected chi connectivity index (χ4v) is 2.17. The monoisotopic (exact) mass is 328 g/mol. The van der Waals surface area contributed by atoms with E-state index in [1.807, 2.05) is 12.1 Å². The minimum Gasteiger partial charge on any atom is -0.355 e. The molecule has 0 fully saturated rings. The zero-order chi connectivity index (χ0) is 16.2. The Hall–Kier alpha value is -2.73. The Kier molecular flexibility index (Phi) is 4.34. The first-order valence-electron chi connectivity index (χ1n) is 6.86. The summed E-state index contributed by atoms with van der Waals surface area (Å²) in [6.07, 6.45) is 4.95. The van der Waals surface area contributed by atoms with Crippen molar-refractivity contribution in [3.8, 4) is 11.3 Å². The third kappa shape index (κ3) is 3.54. The number of carbonyl (C=O) groups is 1. The standard InChI is InChI=1S/C16H13ClN4O2/c1-21(10-11-4-5-15(17)19-8-11)16(22)13-7-14(23-20-13)12-3-2-6-18-9-12/h2-9H,10H2,1H3. The summed E-state index contributed by atoms with van der Waals surface area (Å²) in [4.78, 5) is 21.9. The van der Waals surface area contributed by atoms with E-state index in [1.165, 1.54) is 4.90 Å². The fraction of sp³-hybridized carbons (Fsp3) is 0.125. The molecule has 3 aromatic heterocycles. The van der Waals surface area contributed by atoms with Crippen LogP contribution < -0.4 is 0 Å². The maximum absolute atomic E-state index is 12.4. The van der Waals surface area contributed by atoms with Crippen LogP contribution in [0.15, 0.2) is 53.4 Å². The van der Waals surface area contributed by atoms with Crippen molar-refractivity contribution in [3.05, 3.63) is 65.3 Å². The highest BCUT2D eigenvalue weighted by Crippen LogP contribution is 2.19. The average molecular weight is 329 g/mol. The van der Waals surface area contributed by atoms with E-state index in [4.69, 9.17) is 16.1 Å². The van der Waals surface area contributed by atoms with Gasteiger partial charge < -0.3 is 9.42 Å². The Morgan fingerprint density at radius 2 is 2.17 bits per heavy atom. The molecule has 0 spiro atoms. The summed E-state index contributed by atoms with van der Waals surface area (Å²) in [5.74, 6) is 0.266. The van der Waals surface area contributed by atoms with Gasteiger partial charge in [-0.05, 0) is 23.8 Å². The number of hydrogen-bond donors (Lipinski definition) is 0. The van der Waals surface area contributed by atoms with E-state index in [0.717, 1.165) is 11.1 Å². The van der Waals surface area contributed by atoms with Crippen LogP contribution in [0.1, 0.15) is 16.1 Å². The van der Waals surface area contributed by atoms with Crippen molar-refractivity contribution in [2.24, 2.45) is 0 Å². The first-order valence-corrected chi connectivity index (χ1v) is 7.24. The van der Waals surface area contributed by atoms with Gasteiger partial charge in [-0.15, -0.1) is 0 Å². The van der Waals surface area contributed by atoms with Gasteiger partial charge in [0.25, 0.3) is 5.91 Å². The van der Waals surface area contributed by atoms with Gasteiger partial charge in [0.05, 0.1) is 0 Å². The van der Waals surface area contributed by atoms with Gasteiger partial charge in [0.15, 0.2) is 11.5 Å². The molecule has 0 aliphatic carbocycles. The first-order chi connectivity index (χ1) is 11.1. The summed E-state index contributed by atoms with van der Waals surface area (Å²) in [5.41, 5.74) is 1.89. The summed E-state index contributed by atoms with van der Waals surface area (Å²) < 4.78 is 5.22. The van der Waals surface area contributed by atoms with Crippen molar-refractivity contribution in [3.63, 3.8) is 0 Å². The van der Waals surface area contributed by atoms with Crippen LogP contribution in [0.4, 0.5) is 0 Å². The molecule has 23 heavy (non-hydrogen) atoms. The lowest BCUT2D eigenvalue weighted by atomic mass is 10.2. The second-order valence-corrected chi connectivity index (χ2v) is 5.36. The molecule has 7 heteroatoms. The zero-order valence-corrected chi connectivity index (χ0v) is 13.1. The van der Waals surface area contributed by atoms with Crippen molar-refractivity contribution >= 4 is 17.5 Å². The molecule has 0 bridgehead atoms. The molecular weight excluding hydrogens is 316 g/mol. The third-order valence-electron chi connectivity index (χ3n) is 3.23. The van der Waals surface area contributed by atoms with Crippen LogP contribution in [-0.4, -0.2) is 33.0 Å². The second kappa shape index (κ2) is 6.58. The lowest BCUT2D eigenvalue weighted by molar-refractivity contribution is 0.0774. The lowest BCUT2D eigenvalue weighted by Gasteiger charge is -2.15. The number of amides is 1. The molecule has 3 heterocycles. The van der Waals surface area contributed by atoms with Gasteiger partial charge in [0.2, 0.25) is 0 Å². The Bertz CT molecular complexity index is 802. The minimum atomic E-state index is -0.237.